The molecule has 0 aromatic carbocycles. The van der Waals surface area contributed by atoms with Crippen molar-refractivity contribution in [3.05, 3.63) is 11.1 Å². The van der Waals surface area contributed by atoms with Crippen LogP contribution in [0.4, 0.5) is 5.13 Å². The Balaban J connectivity index is 1.56. The average Bonchev–Trinajstić information content (AvgIpc) is 3.24. The molecule has 1 aromatic heterocycles. The lowest BCUT2D eigenvalue weighted by Gasteiger charge is -2.23. The number of likely N-dealkylation sites (tertiary alicyclic amines) is 1. The summed E-state index contributed by atoms with van der Waals surface area (Å²) in [6, 6.07) is 1.18. The summed E-state index contributed by atoms with van der Waals surface area (Å²) in [7, 11) is 0. The van der Waals surface area contributed by atoms with E-state index in [0.29, 0.717) is 6.04 Å². The molecule has 2 aliphatic heterocycles. The Kier molecular flexibility index (Phi) is 5.14. The zero-order valence-corrected chi connectivity index (χ0v) is 14.2. The normalized spacial score (nSPS) is 24.9. The zero-order valence-electron chi connectivity index (χ0n) is 13.3. The first-order chi connectivity index (χ1) is 10.3. The van der Waals surface area contributed by atoms with E-state index in [1.54, 1.807) is 0 Å². The van der Waals surface area contributed by atoms with Gasteiger partial charge in [0.1, 0.15) is 0 Å². The van der Waals surface area contributed by atoms with Crippen molar-refractivity contribution in [1.82, 2.24) is 15.2 Å². The van der Waals surface area contributed by atoms with Gasteiger partial charge in [-0.05, 0) is 52.2 Å². The highest BCUT2D eigenvalue weighted by Crippen LogP contribution is 2.31. The van der Waals surface area contributed by atoms with E-state index in [1.165, 1.54) is 61.9 Å². The number of hydrogen-bond acceptors (Lipinski definition) is 5. The highest BCUT2D eigenvalue weighted by Gasteiger charge is 2.30. The molecule has 3 rings (SSSR count). The van der Waals surface area contributed by atoms with Crippen LogP contribution in [0.15, 0.2) is 6.20 Å². The van der Waals surface area contributed by atoms with Crippen LogP contribution >= 0.6 is 11.3 Å². The van der Waals surface area contributed by atoms with Crippen LogP contribution in [0, 0.1) is 0 Å². The van der Waals surface area contributed by atoms with Crippen molar-refractivity contribution in [2.75, 3.05) is 37.6 Å². The lowest BCUT2D eigenvalue weighted by Crippen LogP contribution is -2.35. The molecule has 1 N–H and O–H groups in total. The molecule has 0 amide bonds. The van der Waals surface area contributed by atoms with Crippen LogP contribution in [0.3, 0.4) is 0 Å². The van der Waals surface area contributed by atoms with E-state index < -0.39 is 0 Å². The Hall–Kier alpha value is -0.650. The van der Waals surface area contributed by atoms with Crippen molar-refractivity contribution >= 4 is 16.5 Å². The molecule has 1 aromatic rings. The summed E-state index contributed by atoms with van der Waals surface area (Å²) in [6.45, 7) is 10.5. The predicted molar refractivity (Wildman–Crippen MR) is 90.2 cm³/mol. The van der Waals surface area contributed by atoms with Crippen LogP contribution in [0.1, 0.15) is 50.4 Å². The molecule has 2 unspecified atom stereocenters. The van der Waals surface area contributed by atoms with Gasteiger partial charge in [0.05, 0.1) is 0 Å². The predicted octanol–water partition coefficient (Wildman–Crippen LogP) is 2.88. The highest BCUT2D eigenvalue weighted by atomic mass is 32.1. The molecule has 2 aliphatic rings. The Morgan fingerprint density at radius 1 is 1.38 bits per heavy atom. The van der Waals surface area contributed by atoms with Crippen LogP contribution in [0.5, 0.6) is 0 Å². The van der Waals surface area contributed by atoms with Gasteiger partial charge in [0.25, 0.3) is 0 Å². The van der Waals surface area contributed by atoms with Gasteiger partial charge in [-0.3, -0.25) is 4.90 Å². The van der Waals surface area contributed by atoms with Crippen molar-refractivity contribution < 1.29 is 0 Å². The molecule has 2 fully saturated rings. The molecule has 0 spiro atoms. The Bertz CT molecular complexity index is 441. The van der Waals surface area contributed by atoms with E-state index in [-0.39, 0.29) is 0 Å². The van der Waals surface area contributed by atoms with Crippen molar-refractivity contribution in [3.63, 3.8) is 0 Å². The first-order valence-corrected chi connectivity index (χ1v) is 9.27. The Morgan fingerprint density at radius 2 is 2.19 bits per heavy atom. The molecule has 0 saturated carbocycles. The van der Waals surface area contributed by atoms with Crippen molar-refractivity contribution in [2.24, 2.45) is 0 Å². The number of nitrogens with one attached hydrogen (secondary N) is 1. The van der Waals surface area contributed by atoms with E-state index in [4.69, 9.17) is 0 Å². The largest absolute Gasteiger partial charge is 0.346 e. The summed E-state index contributed by atoms with van der Waals surface area (Å²) in [6.07, 6.45) is 7.33. The Morgan fingerprint density at radius 3 is 2.95 bits per heavy atom. The minimum absolute atomic E-state index is 0.424. The lowest BCUT2D eigenvalue weighted by molar-refractivity contribution is 0.260. The van der Waals surface area contributed by atoms with Gasteiger partial charge >= 0.3 is 0 Å². The topological polar surface area (TPSA) is 31.4 Å². The third-order valence-electron chi connectivity index (χ3n) is 4.73. The molecule has 2 atom stereocenters. The van der Waals surface area contributed by atoms with E-state index in [0.717, 1.165) is 12.6 Å². The van der Waals surface area contributed by atoms with Crippen molar-refractivity contribution in [2.45, 2.75) is 51.6 Å². The monoisotopic (exact) mass is 308 g/mol. The summed E-state index contributed by atoms with van der Waals surface area (Å²) in [5.41, 5.74) is 0. The van der Waals surface area contributed by atoms with Crippen molar-refractivity contribution in [1.29, 1.82) is 0 Å². The molecule has 0 bridgehead atoms. The fourth-order valence-electron chi connectivity index (χ4n) is 3.41. The molecule has 5 heteroatoms. The second-order valence-electron chi connectivity index (χ2n) is 6.35. The zero-order chi connectivity index (χ0) is 14.7. The number of hydrogen-bond donors (Lipinski definition) is 1. The molecule has 21 heavy (non-hydrogen) atoms. The quantitative estimate of drug-likeness (QED) is 0.875. The molecular formula is C16H28N4S. The second kappa shape index (κ2) is 7.07. The molecule has 118 valence electrons. The molecule has 4 nitrogen and oxygen atoms in total. The van der Waals surface area contributed by atoms with Gasteiger partial charge in [-0.1, -0.05) is 6.92 Å². The van der Waals surface area contributed by atoms with Crippen LogP contribution in [-0.2, 0) is 0 Å². The standard InChI is InChI=1S/C16H28N4S/c1-3-7-17-13(2)15-11-18-16(21-15)20-10-6-14(12-20)19-8-4-5-9-19/h11,13-14,17H,3-10,12H2,1-2H3. The number of rotatable bonds is 6. The molecule has 2 saturated heterocycles. The highest BCUT2D eigenvalue weighted by molar-refractivity contribution is 7.15. The Labute approximate surface area is 132 Å². The number of aromatic nitrogens is 1. The van der Waals surface area contributed by atoms with Crippen LogP contribution in [0.2, 0.25) is 0 Å². The fraction of sp³-hybridized carbons (Fsp3) is 0.812. The number of nitrogens with zero attached hydrogens (tertiary/aromatic N) is 3. The van der Waals surface area contributed by atoms with Crippen LogP contribution in [0.25, 0.3) is 0 Å². The van der Waals surface area contributed by atoms with Gasteiger partial charge < -0.3 is 10.2 Å². The minimum atomic E-state index is 0.424. The van der Waals surface area contributed by atoms with Crippen LogP contribution in [-0.4, -0.2) is 48.6 Å². The number of thiazole rings is 1. The summed E-state index contributed by atoms with van der Waals surface area (Å²) in [5.74, 6) is 0. The van der Waals surface area contributed by atoms with E-state index in [9.17, 15) is 0 Å². The van der Waals surface area contributed by atoms with Gasteiger partial charge in [0.15, 0.2) is 5.13 Å². The fourth-order valence-corrected chi connectivity index (χ4v) is 4.38. The summed E-state index contributed by atoms with van der Waals surface area (Å²) in [5, 5.41) is 4.77. The van der Waals surface area contributed by atoms with Gasteiger partial charge in [-0.15, -0.1) is 11.3 Å². The molecule has 3 heterocycles. The maximum Gasteiger partial charge on any atom is 0.185 e. The summed E-state index contributed by atoms with van der Waals surface area (Å²) >= 11 is 1.87. The van der Waals surface area contributed by atoms with Crippen molar-refractivity contribution in [3.8, 4) is 0 Å². The maximum absolute atomic E-state index is 4.67. The van der Waals surface area contributed by atoms with E-state index in [2.05, 4.69) is 40.1 Å². The third-order valence-corrected chi connectivity index (χ3v) is 5.97. The maximum atomic E-state index is 4.67. The average molecular weight is 308 g/mol. The SMILES string of the molecule is CCCNC(C)c1cnc(N2CCC(N3CCCC3)C2)s1. The number of anilines is 1. The molecule has 0 aliphatic carbocycles. The summed E-state index contributed by atoms with van der Waals surface area (Å²) in [4.78, 5) is 11.2. The first-order valence-electron chi connectivity index (χ1n) is 8.46. The van der Waals surface area contributed by atoms with E-state index in [1.807, 2.05) is 11.3 Å². The van der Waals surface area contributed by atoms with Gasteiger partial charge in [0, 0.05) is 36.2 Å². The lowest BCUT2D eigenvalue weighted by atomic mass is 10.2. The molecular weight excluding hydrogens is 280 g/mol. The smallest absolute Gasteiger partial charge is 0.185 e. The third kappa shape index (κ3) is 3.58. The summed E-state index contributed by atoms with van der Waals surface area (Å²) < 4.78 is 0. The second-order valence-corrected chi connectivity index (χ2v) is 7.39. The van der Waals surface area contributed by atoms with Gasteiger partial charge in [0.2, 0.25) is 0 Å². The van der Waals surface area contributed by atoms with Gasteiger partial charge in [-0.2, -0.15) is 0 Å². The minimum Gasteiger partial charge on any atom is -0.346 e. The van der Waals surface area contributed by atoms with Gasteiger partial charge in [-0.25, -0.2) is 4.98 Å². The van der Waals surface area contributed by atoms with E-state index >= 15 is 0 Å². The first kappa shape index (κ1) is 15.3. The van der Waals surface area contributed by atoms with Crippen LogP contribution < -0.4 is 10.2 Å². The molecule has 0 radical (unpaired) electrons.